The average molecular weight is 242 g/mol. The fourth-order valence-corrected chi connectivity index (χ4v) is 2.63. The van der Waals surface area contributed by atoms with Crippen molar-refractivity contribution < 1.29 is 10.3 Å². The van der Waals surface area contributed by atoms with Crippen molar-refractivity contribution in [2.75, 3.05) is 0 Å². The summed E-state index contributed by atoms with van der Waals surface area (Å²) in [5.74, 6) is 0.101. The van der Waals surface area contributed by atoms with E-state index < -0.39 is 0 Å². The average Bonchev–Trinajstić information content (AvgIpc) is 2.50. The molecule has 3 N–H and O–H groups in total. The van der Waals surface area contributed by atoms with Gasteiger partial charge in [-0.2, -0.15) is 0 Å². The van der Waals surface area contributed by atoms with Crippen LogP contribution in [-0.4, -0.2) is 10.3 Å². The number of phenolic OH excluding ortho intramolecular Hbond substituents is 1. The lowest BCUT2D eigenvalue weighted by Gasteiger charge is -2.15. The van der Waals surface area contributed by atoms with Gasteiger partial charge in [0.05, 0.1) is 5.02 Å². The predicted octanol–water partition coefficient (Wildman–Crippen LogP) is 2.79. The van der Waals surface area contributed by atoms with Crippen LogP contribution in [0.4, 0.5) is 0 Å². The normalized spacial score (nSPS) is 15.6. The summed E-state index contributed by atoms with van der Waals surface area (Å²) in [7, 11) is 0. The highest BCUT2D eigenvalue weighted by molar-refractivity contribution is 6.32. The van der Waals surface area contributed by atoms with Crippen LogP contribution in [0.2, 0.25) is 5.02 Å². The van der Waals surface area contributed by atoms with Crippen molar-refractivity contribution in [3.05, 3.63) is 27.8 Å². The number of phenols is 1. The number of hydroxylamine groups is 1. The Balaban J connectivity index is 2.51. The van der Waals surface area contributed by atoms with Crippen LogP contribution in [0.1, 0.15) is 36.0 Å². The molecule has 2 rings (SSSR count). The van der Waals surface area contributed by atoms with Gasteiger partial charge in [-0.15, -0.1) is 0 Å². The third-order valence-corrected chi connectivity index (χ3v) is 3.48. The van der Waals surface area contributed by atoms with Gasteiger partial charge in [0.2, 0.25) is 0 Å². The molecule has 0 aromatic heterocycles. The minimum Gasteiger partial charge on any atom is -0.506 e. The van der Waals surface area contributed by atoms with Crippen LogP contribution >= 0.6 is 11.6 Å². The molecule has 0 heterocycles. The Morgan fingerprint density at radius 1 is 1.25 bits per heavy atom. The summed E-state index contributed by atoms with van der Waals surface area (Å²) in [5.41, 5.74) is 5.21. The number of hydrogen-bond acceptors (Lipinski definition) is 3. The molecule has 0 radical (unpaired) electrons. The number of halogens is 1. The van der Waals surface area contributed by atoms with E-state index in [1.54, 1.807) is 0 Å². The van der Waals surface area contributed by atoms with Crippen molar-refractivity contribution >= 4 is 11.6 Å². The van der Waals surface area contributed by atoms with Crippen LogP contribution in [0.3, 0.4) is 0 Å². The molecule has 1 aromatic rings. The molecule has 0 bridgehead atoms. The molecule has 3 nitrogen and oxygen atoms in total. The number of rotatable bonds is 2. The first-order valence-corrected chi connectivity index (χ1v) is 6.01. The van der Waals surface area contributed by atoms with Gasteiger partial charge in [0, 0.05) is 12.1 Å². The largest absolute Gasteiger partial charge is 0.506 e. The molecule has 0 fully saturated rings. The Hall–Kier alpha value is -0.770. The molecule has 16 heavy (non-hydrogen) atoms. The van der Waals surface area contributed by atoms with Gasteiger partial charge in [0.25, 0.3) is 0 Å². The second-order valence-corrected chi connectivity index (χ2v) is 4.63. The van der Waals surface area contributed by atoms with Gasteiger partial charge in [0.15, 0.2) is 0 Å². The molecule has 0 unspecified atom stereocenters. The fourth-order valence-electron chi connectivity index (χ4n) is 2.39. The minimum atomic E-state index is 0.101. The number of hydrogen-bond donors (Lipinski definition) is 3. The summed E-state index contributed by atoms with van der Waals surface area (Å²) in [4.78, 5) is 0. The van der Waals surface area contributed by atoms with Crippen molar-refractivity contribution in [1.29, 1.82) is 0 Å². The van der Waals surface area contributed by atoms with E-state index >= 15 is 0 Å². The Kier molecular flexibility index (Phi) is 3.69. The van der Waals surface area contributed by atoms with Gasteiger partial charge in [-0.1, -0.05) is 18.0 Å². The molecule has 0 aliphatic heterocycles. The quantitative estimate of drug-likeness (QED) is 0.551. The number of nitrogens with one attached hydrogen (secondary N) is 1. The monoisotopic (exact) mass is 241 g/mol. The maximum absolute atomic E-state index is 9.89. The van der Waals surface area contributed by atoms with Gasteiger partial charge in [0.1, 0.15) is 5.75 Å². The zero-order chi connectivity index (χ0) is 11.5. The van der Waals surface area contributed by atoms with Crippen LogP contribution in [0.25, 0.3) is 0 Å². The Bertz CT molecular complexity index is 393. The Labute approximate surface area is 100 Å². The lowest BCUT2D eigenvalue weighted by atomic mass is 9.96. The number of benzene rings is 1. The first kappa shape index (κ1) is 11.7. The summed E-state index contributed by atoms with van der Waals surface area (Å²) in [6.07, 6.45) is 5.47. The van der Waals surface area contributed by atoms with Gasteiger partial charge in [-0.3, -0.25) is 0 Å². The smallest absolute Gasteiger partial charge is 0.139 e. The third kappa shape index (κ3) is 2.17. The lowest BCUT2D eigenvalue weighted by molar-refractivity contribution is 0.160. The van der Waals surface area contributed by atoms with Crippen molar-refractivity contribution in [3.63, 3.8) is 0 Å². The van der Waals surface area contributed by atoms with Gasteiger partial charge in [-0.05, 0) is 42.9 Å². The van der Waals surface area contributed by atoms with E-state index in [4.69, 9.17) is 16.8 Å². The van der Waals surface area contributed by atoms with Crippen LogP contribution in [0.5, 0.6) is 5.75 Å². The zero-order valence-electron chi connectivity index (χ0n) is 9.09. The molecule has 1 aliphatic carbocycles. The molecule has 1 aromatic carbocycles. The van der Waals surface area contributed by atoms with Gasteiger partial charge in [-0.25, -0.2) is 5.48 Å². The fraction of sp³-hybridized carbons (Fsp3) is 0.500. The van der Waals surface area contributed by atoms with Gasteiger partial charge >= 0.3 is 0 Å². The van der Waals surface area contributed by atoms with E-state index in [9.17, 15) is 5.11 Å². The van der Waals surface area contributed by atoms with E-state index in [1.165, 1.54) is 18.4 Å². The third-order valence-electron chi connectivity index (χ3n) is 3.19. The van der Waals surface area contributed by atoms with E-state index in [-0.39, 0.29) is 12.3 Å². The molecule has 0 atom stereocenters. The zero-order valence-corrected chi connectivity index (χ0v) is 9.85. The van der Waals surface area contributed by atoms with Crippen LogP contribution in [-0.2, 0) is 19.4 Å². The number of aryl methyl sites for hydroxylation is 1. The van der Waals surface area contributed by atoms with E-state index in [0.29, 0.717) is 5.02 Å². The topological polar surface area (TPSA) is 52.5 Å². The standard InChI is InChI=1S/C12H16ClNO2/c13-11-6-8-4-2-1-3-5-9(8)10(7-14-16)12(11)15/h6,14-16H,1-5,7H2. The molecule has 0 spiro atoms. The summed E-state index contributed by atoms with van der Waals surface area (Å²) >= 11 is 5.98. The van der Waals surface area contributed by atoms with Crippen molar-refractivity contribution in [2.45, 2.75) is 38.6 Å². The molecule has 0 amide bonds. The van der Waals surface area contributed by atoms with Crippen LogP contribution in [0.15, 0.2) is 6.07 Å². The van der Waals surface area contributed by atoms with E-state index in [1.807, 2.05) is 6.07 Å². The molecule has 1 aliphatic rings. The number of aromatic hydroxyl groups is 1. The highest BCUT2D eigenvalue weighted by Crippen LogP contribution is 2.35. The van der Waals surface area contributed by atoms with E-state index in [2.05, 4.69) is 5.48 Å². The molecule has 4 heteroatoms. The molecule has 0 saturated carbocycles. The van der Waals surface area contributed by atoms with E-state index in [0.717, 1.165) is 30.4 Å². The second-order valence-electron chi connectivity index (χ2n) is 4.22. The summed E-state index contributed by atoms with van der Waals surface area (Å²) in [5, 5.41) is 19.1. The minimum absolute atomic E-state index is 0.101. The van der Waals surface area contributed by atoms with Crippen molar-refractivity contribution in [3.8, 4) is 5.75 Å². The molecule has 88 valence electrons. The summed E-state index contributed by atoms with van der Waals surface area (Å²) < 4.78 is 0. The van der Waals surface area contributed by atoms with Crippen molar-refractivity contribution in [1.82, 2.24) is 5.48 Å². The summed E-state index contributed by atoms with van der Waals surface area (Å²) in [6, 6.07) is 1.86. The highest BCUT2D eigenvalue weighted by Gasteiger charge is 2.17. The Morgan fingerprint density at radius 2 is 2.00 bits per heavy atom. The second kappa shape index (κ2) is 5.04. The number of fused-ring (bicyclic) bond motifs is 1. The maximum Gasteiger partial charge on any atom is 0.139 e. The summed E-state index contributed by atoms with van der Waals surface area (Å²) in [6.45, 7) is 0.245. The predicted molar refractivity (Wildman–Crippen MR) is 63.0 cm³/mol. The molecule has 0 saturated heterocycles. The first-order valence-electron chi connectivity index (χ1n) is 5.63. The highest BCUT2D eigenvalue weighted by atomic mass is 35.5. The SMILES string of the molecule is ONCc1c(O)c(Cl)cc2c1CCCCC2. The van der Waals surface area contributed by atoms with Crippen molar-refractivity contribution in [2.24, 2.45) is 0 Å². The Morgan fingerprint density at radius 3 is 2.75 bits per heavy atom. The molecular formula is C12H16ClNO2. The first-order chi connectivity index (χ1) is 7.74. The van der Waals surface area contributed by atoms with Crippen LogP contribution < -0.4 is 5.48 Å². The maximum atomic E-state index is 9.89. The van der Waals surface area contributed by atoms with Crippen LogP contribution in [0, 0.1) is 0 Å². The molecular weight excluding hydrogens is 226 g/mol. The van der Waals surface area contributed by atoms with Gasteiger partial charge < -0.3 is 10.3 Å². The lowest BCUT2D eigenvalue weighted by Crippen LogP contribution is -2.10.